The first kappa shape index (κ1) is 18.4. The third kappa shape index (κ3) is 4.62. The standard InChI is InChI=1S/C21H32N2O2/c1-16(2)15-25-20-9-12-22(13-10-20)21(24)17(3)23-11-8-18-6-4-5-7-19(18)14-23/h4-7,16-17,20H,8-15H2,1-3H3/t17-/m1/s1. The Bertz CT molecular complexity index is 579. The number of likely N-dealkylation sites (tertiary alicyclic amines) is 1. The molecular formula is C21H32N2O2. The van der Waals surface area contributed by atoms with Crippen LogP contribution in [0.2, 0.25) is 0 Å². The van der Waals surface area contributed by atoms with Crippen LogP contribution in [-0.2, 0) is 22.5 Å². The summed E-state index contributed by atoms with van der Waals surface area (Å²) in [6.45, 7) is 10.8. The van der Waals surface area contributed by atoms with Crippen LogP contribution >= 0.6 is 0 Å². The molecule has 0 N–H and O–H groups in total. The van der Waals surface area contributed by atoms with Gasteiger partial charge in [-0.15, -0.1) is 0 Å². The van der Waals surface area contributed by atoms with Crippen molar-refractivity contribution in [2.45, 2.75) is 58.7 Å². The van der Waals surface area contributed by atoms with Crippen molar-refractivity contribution in [3.8, 4) is 0 Å². The number of nitrogens with zero attached hydrogens (tertiary/aromatic N) is 2. The van der Waals surface area contributed by atoms with Crippen molar-refractivity contribution in [1.29, 1.82) is 0 Å². The average Bonchev–Trinajstić information content (AvgIpc) is 2.65. The summed E-state index contributed by atoms with van der Waals surface area (Å²) >= 11 is 0. The van der Waals surface area contributed by atoms with E-state index in [4.69, 9.17) is 4.74 Å². The van der Waals surface area contributed by atoms with Crippen molar-refractivity contribution in [2.75, 3.05) is 26.2 Å². The fraction of sp³-hybridized carbons (Fsp3) is 0.667. The van der Waals surface area contributed by atoms with E-state index in [2.05, 4.69) is 49.9 Å². The molecule has 3 rings (SSSR count). The Hall–Kier alpha value is -1.39. The van der Waals surface area contributed by atoms with Crippen molar-refractivity contribution in [1.82, 2.24) is 9.80 Å². The summed E-state index contributed by atoms with van der Waals surface area (Å²) in [7, 11) is 0. The Morgan fingerprint density at radius 1 is 1.12 bits per heavy atom. The van der Waals surface area contributed by atoms with E-state index in [1.54, 1.807) is 0 Å². The van der Waals surface area contributed by atoms with E-state index in [1.165, 1.54) is 11.1 Å². The molecule has 25 heavy (non-hydrogen) atoms. The molecule has 4 heteroatoms. The minimum Gasteiger partial charge on any atom is -0.378 e. The maximum Gasteiger partial charge on any atom is 0.239 e. The van der Waals surface area contributed by atoms with E-state index in [9.17, 15) is 4.79 Å². The van der Waals surface area contributed by atoms with Gasteiger partial charge in [0.15, 0.2) is 0 Å². The number of piperidine rings is 1. The summed E-state index contributed by atoms with van der Waals surface area (Å²) in [5, 5.41) is 0. The van der Waals surface area contributed by atoms with Gasteiger partial charge in [-0.05, 0) is 43.2 Å². The van der Waals surface area contributed by atoms with Crippen LogP contribution in [-0.4, -0.2) is 54.1 Å². The summed E-state index contributed by atoms with van der Waals surface area (Å²) < 4.78 is 5.94. The maximum absolute atomic E-state index is 12.9. The van der Waals surface area contributed by atoms with Gasteiger partial charge in [-0.1, -0.05) is 38.1 Å². The van der Waals surface area contributed by atoms with Gasteiger partial charge in [0, 0.05) is 32.8 Å². The van der Waals surface area contributed by atoms with Crippen LogP contribution in [0.15, 0.2) is 24.3 Å². The van der Waals surface area contributed by atoms with Gasteiger partial charge < -0.3 is 9.64 Å². The Morgan fingerprint density at radius 3 is 2.48 bits per heavy atom. The minimum absolute atomic E-state index is 0.0403. The number of fused-ring (bicyclic) bond motifs is 1. The molecule has 4 nitrogen and oxygen atoms in total. The molecule has 0 bridgehead atoms. The second-order valence-electron chi connectivity index (χ2n) is 7.92. The summed E-state index contributed by atoms with van der Waals surface area (Å²) in [6, 6.07) is 8.56. The van der Waals surface area contributed by atoms with E-state index in [1.807, 2.05) is 4.90 Å². The average molecular weight is 344 g/mol. The molecule has 0 saturated carbocycles. The van der Waals surface area contributed by atoms with Crippen molar-refractivity contribution in [3.63, 3.8) is 0 Å². The third-order valence-corrected chi connectivity index (χ3v) is 5.48. The van der Waals surface area contributed by atoms with Gasteiger partial charge in [0.2, 0.25) is 5.91 Å². The smallest absolute Gasteiger partial charge is 0.239 e. The number of carbonyl (C=O) groups excluding carboxylic acids is 1. The highest BCUT2D eigenvalue weighted by Crippen LogP contribution is 2.22. The second kappa shape index (κ2) is 8.33. The molecule has 0 radical (unpaired) electrons. The first-order valence-corrected chi connectivity index (χ1v) is 9.76. The molecule has 0 spiro atoms. The molecule has 0 unspecified atom stereocenters. The molecule has 2 aliphatic rings. The minimum atomic E-state index is -0.0403. The van der Waals surface area contributed by atoms with Gasteiger partial charge in [0.1, 0.15) is 0 Å². The lowest BCUT2D eigenvalue weighted by Gasteiger charge is -2.38. The molecule has 1 aromatic rings. The molecule has 2 heterocycles. The predicted molar refractivity (Wildman–Crippen MR) is 100 cm³/mol. The van der Waals surface area contributed by atoms with Gasteiger partial charge in [0.05, 0.1) is 12.1 Å². The Kier molecular flexibility index (Phi) is 6.13. The van der Waals surface area contributed by atoms with Crippen LogP contribution in [0, 0.1) is 5.92 Å². The molecule has 138 valence electrons. The number of hydrogen-bond donors (Lipinski definition) is 0. The van der Waals surface area contributed by atoms with E-state index in [-0.39, 0.29) is 11.9 Å². The zero-order valence-electron chi connectivity index (χ0n) is 15.9. The Balaban J connectivity index is 1.50. The van der Waals surface area contributed by atoms with Crippen molar-refractivity contribution < 1.29 is 9.53 Å². The maximum atomic E-state index is 12.9. The summed E-state index contributed by atoms with van der Waals surface area (Å²) in [4.78, 5) is 17.3. The summed E-state index contributed by atoms with van der Waals surface area (Å²) in [5.41, 5.74) is 2.80. The van der Waals surface area contributed by atoms with E-state index in [0.717, 1.165) is 52.0 Å². The van der Waals surface area contributed by atoms with Crippen LogP contribution in [0.3, 0.4) is 0 Å². The zero-order valence-corrected chi connectivity index (χ0v) is 15.9. The third-order valence-electron chi connectivity index (χ3n) is 5.48. The largest absolute Gasteiger partial charge is 0.378 e. The lowest BCUT2D eigenvalue weighted by Crippen LogP contribution is -2.51. The highest BCUT2D eigenvalue weighted by Gasteiger charge is 2.31. The summed E-state index contributed by atoms with van der Waals surface area (Å²) in [6.07, 6.45) is 3.30. The lowest BCUT2D eigenvalue weighted by atomic mass is 9.98. The highest BCUT2D eigenvalue weighted by atomic mass is 16.5. The molecule has 1 fully saturated rings. The van der Waals surface area contributed by atoms with Crippen LogP contribution in [0.25, 0.3) is 0 Å². The van der Waals surface area contributed by atoms with Crippen LogP contribution in [0.1, 0.15) is 44.7 Å². The molecule has 2 aliphatic heterocycles. The molecule has 1 atom stereocenters. The molecule has 1 amide bonds. The molecule has 1 saturated heterocycles. The number of ether oxygens (including phenoxy) is 1. The monoisotopic (exact) mass is 344 g/mol. The highest BCUT2D eigenvalue weighted by molar-refractivity contribution is 5.81. The normalized spacial score (nSPS) is 20.6. The van der Waals surface area contributed by atoms with E-state index in [0.29, 0.717) is 12.0 Å². The number of rotatable bonds is 5. The van der Waals surface area contributed by atoms with Crippen molar-refractivity contribution >= 4 is 5.91 Å². The first-order valence-electron chi connectivity index (χ1n) is 9.76. The number of hydrogen-bond acceptors (Lipinski definition) is 3. The van der Waals surface area contributed by atoms with Gasteiger partial charge in [0.25, 0.3) is 0 Å². The zero-order chi connectivity index (χ0) is 17.8. The Labute approximate surface area is 152 Å². The van der Waals surface area contributed by atoms with Gasteiger partial charge in [-0.3, -0.25) is 9.69 Å². The van der Waals surface area contributed by atoms with Gasteiger partial charge in [-0.2, -0.15) is 0 Å². The molecule has 0 aliphatic carbocycles. The fourth-order valence-electron chi connectivity index (χ4n) is 3.84. The predicted octanol–water partition coefficient (Wildman–Crippen LogP) is 3.10. The summed E-state index contributed by atoms with van der Waals surface area (Å²) in [5.74, 6) is 0.850. The lowest BCUT2D eigenvalue weighted by molar-refractivity contribution is -0.139. The fourth-order valence-corrected chi connectivity index (χ4v) is 3.84. The number of carbonyl (C=O) groups is 1. The van der Waals surface area contributed by atoms with E-state index >= 15 is 0 Å². The number of amides is 1. The topological polar surface area (TPSA) is 32.8 Å². The van der Waals surface area contributed by atoms with E-state index < -0.39 is 0 Å². The van der Waals surface area contributed by atoms with Gasteiger partial charge >= 0.3 is 0 Å². The SMILES string of the molecule is CC(C)COC1CCN(C(=O)[C@@H](C)N2CCc3ccccc3C2)CC1. The van der Waals surface area contributed by atoms with Crippen molar-refractivity contribution in [3.05, 3.63) is 35.4 Å². The second-order valence-corrected chi connectivity index (χ2v) is 7.92. The van der Waals surface area contributed by atoms with Gasteiger partial charge in [-0.25, -0.2) is 0 Å². The Morgan fingerprint density at radius 2 is 1.80 bits per heavy atom. The van der Waals surface area contributed by atoms with Crippen LogP contribution in [0.5, 0.6) is 0 Å². The quantitative estimate of drug-likeness (QED) is 0.823. The molecule has 0 aromatic heterocycles. The van der Waals surface area contributed by atoms with Crippen LogP contribution < -0.4 is 0 Å². The molecular weight excluding hydrogens is 312 g/mol. The number of benzene rings is 1. The first-order chi connectivity index (χ1) is 12.0. The molecule has 1 aromatic carbocycles. The van der Waals surface area contributed by atoms with Crippen molar-refractivity contribution in [2.24, 2.45) is 5.92 Å². The van der Waals surface area contributed by atoms with Crippen LogP contribution in [0.4, 0.5) is 0 Å².